The van der Waals surface area contributed by atoms with Crippen LogP contribution in [0.1, 0.15) is 24.2 Å². The van der Waals surface area contributed by atoms with E-state index in [-0.39, 0.29) is 11.9 Å². The maximum Gasteiger partial charge on any atom is 0.276 e. The first-order valence-electron chi connectivity index (χ1n) is 7.28. The maximum atomic E-state index is 12.1. The predicted octanol–water partition coefficient (Wildman–Crippen LogP) is 2.28. The third-order valence-electron chi connectivity index (χ3n) is 3.27. The van der Waals surface area contributed by atoms with Gasteiger partial charge in [0.05, 0.1) is 0 Å². The van der Waals surface area contributed by atoms with Crippen molar-refractivity contribution in [2.24, 2.45) is 7.05 Å². The third kappa shape index (κ3) is 3.13. The molecular weight excluding hydrogens is 294 g/mol. The van der Waals surface area contributed by atoms with E-state index in [1.54, 1.807) is 42.2 Å². The van der Waals surface area contributed by atoms with Crippen LogP contribution in [0, 0.1) is 0 Å². The van der Waals surface area contributed by atoms with Gasteiger partial charge in [0.25, 0.3) is 11.8 Å². The van der Waals surface area contributed by atoms with Gasteiger partial charge in [0.2, 0.25) is 5.82 Å². The average molecular weight is 311 g/mol. The molecule has 1 amide bonds. The van der Waals surface area contributed by atoms with Crippen LogP contribution in [0.3, 0.4) is 0 Å². The van der Waals surface area contributed by atoms with Crippen LogP contribution in [0.25, 0.3) is 23.0 Å². The topological polar surface area (TPSA) is 85.8 Å². The molecule has 7 nitrogen and oxygen atoms in total. The molecule has 0 bridgehead atoms. The molecule has 0 saturated heterocycles. The average Bonchev–Trinajstić information content (AvgIpc) is 3.15. The van der Waals surface area contributed by atoms with Crippen molar-refractivity contribution in [2.45, 2.75) is 19.9 Å². The van der Waals surface area contributed by atoms with E-state index in [1.165, 1.54) is 0 Å². The summed E-state index contributed by atoms with van der Waals surface area (Å²) < 4.78 is 6.94. The second-order valence-electron chi connectivity index (χ2n) is 5.47. The number of nitrogens with one attached hydrogen (secondary N) is 1. The molecule has 7 heteroatoms. The zero-order valence-corrected chi connectivity index (χ0v) is 13.1. The van der Waals surface area contributed by atoms with Crippen molar-refractivity contribution in [2.75, 3.05) is 0 Å². The molecule has 0 aliphatic rings. The summed E-state index contributed by atoms with van der Waals surface area (Å²) in [6, 6.07) is 9.00. The number of amides is 1. The van der Waals surface area contributed by atoms with Crippen LogP contribution in [0.4, 0.5) is 0 Å². The number of hydrogen-bond acceptors (Lipinski definition) is 5. The molecule has 2 heterocycles. The Hall–Kier alpha value is -2.96. The molecule has 1 N–H and O–H groups in total. The Morgan fingerprint density at radius 3 is 2.83 bits per heavy atom. The minimum atomic E-state index is -0.128. The Morgan fingerprint density at radius 1 is 1.30 bits per heavy atom. The van der Waals surface area contributed by atoms with Crippen LogP contribution in [0.2, 0.25) is 0 Å². The molecule has 0 saturated carbocycles. The fourth-order valence-electron chi connectivity index (χ4n) is 2.17. The Balaban J connectivity index is 1.90. The van der Waals surface area contributed by atoms with Crippen molar-refractivity contribution >= 4 is 5.91 Å². The molecule has 118 valence electrons. The first-order valence-corrected chi connectivity index (χ1v) is 7.28. The lowest BCUT2D eigenvalue weighted by atomic mass is 10.1. The van der Waals surface area contributed by atoms with Crippen molar-refractivity contribution in [1.29, 1.82) is 0 Å². The summed E-state index contributed by atoms with van der Waals surface area (Å²) >= 11 is 0. The highest BCUT2D eigenvalue weighted by Gasteiger charge is 2.15. The van der Waals surface area contributed by atoms with Gasteiger partial charge in [-0.05, 0) is 32.0 Å². The molecule has 2 aromatic heterocycles. The number of benzene rings is 1. The third-order valence-corrected chi connectivity index (χ3v) is 3.27. The van der Waals surface area contributed by atoms with Crippen LogP contribution in [0.15, 0.2) is 41.1 Å². The highest BCUT2D eigenvalue weighted by Crippen LogP contribution is 2.22. The van der Waals surface area contributed by atoms with E-state index in [2.05, 4.69) is 20.6 Å². The lowest BCUT2D eigenvalue weighted by Crippen LogP contribution is -2.30. The van der Waals surface area contributed by atoms with Gasteiger partial charge in [-0.2, -0.15) is 10.1 Å². The molecule has 0 fully saturated rings. The summed E-state index contributed by atoms with van der Waals surface area (Å²) in [5.74, 6) is 0.689. The number of rotatable bonds is 4. The highest BCUT2D eigenvalue weighted by molar-refractivity contribution is 5.95. The van der Waals surface area contributed by atoms with Gasteiger partial charge in [-0.15, -0.1) is 0 Å². The summed E-state index contributed by atoms with van der Waals surface area (Å²) in [5.41, 5.74) is 2.01. The first kappa shape index (κ1) is 15.0. The lowest BCUT2D eigenvalue weighted by Gasteiger charge is -2.08. The maximum absolute atomic E-state index is 12.1. The van der Waals surface area contributed by atoms with Gasteiger partial charge in [0, 0.05) is 30.4 Å². The SMILES string of the molecule is CC(C)NC(=O)c1cccc(-c2noc(-c3ccnn3C)n2)c1. The standard InChI is InChI=1S/C16H17N5O2/c1-10(2)18-15(22)12-6-4-5-11(9-12)14-19-16(23-20-14)13-7-8-17-21(13)3/h4-10H,1-3H3,(H,18,22). The van der Waals surface area contributed by atoms with E-state index in [1.807, 2.05) is 19.9 Å². The van der Waals surface area contributed by atoms with Crippen molar-refractivity contribution in [3.63, 3.8) is 0 Å². The van der Waals surface area contributed by atoms with Crippen molar-refractivity contribution in [3.05, 3.63) is 42.1 Å². The molecule has 3 aromatic rings. The molecule has 0 spiro atoms. The number of hydrogen-bond donors (Lipinski definition) is 1. The quantitative estimate of drug-likeness (QED) is 0.799. The molecule has 0 aliphatic carbocycles. The number of aryl methyl sites for hydroxylation is 1. The van der Waals surface area contributed by atoms with E-state index in [9.17, 15) is 4.79 Å². The molecule has 0 radical (unpaired) electrons. The summed E-state index contributed by atoms with van der Waals surface area (Å²) in [7, 11) is 1.80. The van der Waals surface area contributed by atoms with Gasteiger partial charge < -0.3 is 9.84 Å². The van der Waals surface area contributed by atoms with Gasteiger partial charge in [-0.1, -0.05) is 17.3 Å². The fraction of sp³-hybridized carbons (Fsp3) is 0.250. The van der Waals surface area contributed by atoms with E-state index in [0.717, 1.165) is 11.3 Å². The van der Waals surface area contributed by atoms with Gasteiger partial charge in [-0.25, -0.2) is 0 Å². The Bertz CT molecular complexity index is 834. The number of carbonyl (C=O) groups excluding carboxylic acids is 1. The van der Waals surface area contributed by atoms with E-state index >= 15 is 0 Å². The van der Waals surface area contributed by atoms with Crippen LogP contribution in [0.5, 0.6) is 0 Å². The second kappa shape index (κ2) is 6.04. The smallest absolute Gasteiger partial charge is 0.276 e. The number of aromatic nitrogens is 4. The highest BCUT2D eigenvalue weighted by atomic mass is 16.5. The molecular formula is C16H17N5O2. The van der Waals surface area contributed by atoms with Crippen LogP contribution < -0.4 is 5.32 Å². The van der Waals surface area contributed by atoms with Gasteiger partial charge in [0.15, 0.2) is 0 Å². The van der Waals surface area contributed by atoms with Crippen LogP contribution in [-0.2, 0) is 7.05 Å². The Morgan fingerprint density at radius 2 is 2.13 bits per heavy atom. The summed E-state index contributed by atoms with van der Waals surface area (Å²) in [5, 5.41) is 10.9. The van der Waals surface area contributed by atoms with Gasteiger partial charge in [0.1, 0.15) is 5.69 Å². The minimum absolute atomic E-state index is 0.0766. The molecule has 0 unspecified atom stereocenters. The first-order chi connectivity index (χ1) is 11.0. The fourth-order valence-corrected chi connectivity index (χ4v) is 2.17. The predicted molar refractivity (Wildman–Crippen MR) is 84.5 cm³/mol. The summed E-state index contributed by atoms with van der Waals surface area (Å²) in [6.45, 7) is 3.84. The zero-order chi connectivity index (χ0) is 16.4. The molecule has 23 heavy (non-hydrogen) atoms. The minimum Gasteiger partial charge on any atom is -0.350 e. The van der Waals surface area contributed by atoms with E-state index in [4.69, 9.17) is 4.52 Å². The van der Waals surface area contributed by atoms with Gasteiger partial charge in [-0.3, -0.25) is 9.48 Å². The van der Waals surface area contributed by atoms with Gasteiger partial charge >= 0.3 is 0 Å². The van der Waals surface area contributed by atoms with Crippen molar-refractivity contribution in [1.82, 2.24) is 25.2 Å². The number of carbonyl (C=O) groups is 1. The van der Waals surface area contributed by atoms with E-state index < -0.39 is 0 Å². The molecule has 0 atom stereocenters. The number of nitrogens with zero attached hydrogens (tertiary/aromatic N) is 4. The molecule has 3 rings (SSSR count). The lowest BCUT2D eigenvalue weighted by molar-refractivity contribution is 0.0943. The monoisotopic (exact) mass is 311 g/mol. The van der Waals surface area contributed by atoms with Crippen molar-refractivity contribution < 1.29 is 9.32 Å². The molecule has 1 aromatic carbocycles. The van der Waals surface area contributed by atoms with Crippen molar-refractivity contribution in [3.8, 4) is 23.0 Å². The van der Waals surface area contributed by atoms with E-state index in [0.29, 0.717) is 17.3 Å². The zero-order valence-electron chi connectivity index (χ0n) is 13.1. The Kier molecular flexibility index (Phi) is 3.92. The second-order valence-corrected chi connectivity index (χ2v) is 5.47. The molecule has 0 aliphatic heterocycles. The normalized spacial score (nSPS) is 11.0. The van der Waals surface area contributed by atoms with Crippen LogP contribution >= 0.6 is 0 Å². The largest absolute Gasteiger partial charge is 0.350 e. The van der Waals surface area contributed by atoms with Crippen LogP contribution in [-0.4, -0.2) is 31.9 Å². The summed E-state index contributed by atoms with van der Waals surface area (Å²) in [6.07, 6.45) is 1.66. The summed E-state index contributed by atoms with van der Waals surface area (Å²) in [4.78, 5) is 16.5. The Labute approximate surface area is 133 Å².